The lowest BCUT2D eigenvalue weighted by atomic mass is 9.97. The van der Waals surface area contributed by atoms with E-state index >= 15 is 0 Å². The van der Waals surface area contributed by atoms with Crippen LogP contribution in [0.1, 0.15) is 18.4 Å². The molecular formula is C26H34N8S. The Morgan fingerprint density at radius 3 is 2.80 bits per heavy atom. The van der Waals surface area contributed by atoms with Gasteiger partial charge in [-0.1, -0.05) is 6.08 Å². The number of thiazole rings is 1. The molecular weight excluding hydrogens is 456 g/mol. The minimum Gasteiger partial charge on any atom is -0.363 e. The normalized spacial score (nSPS) is 21.6. The Balaban J connectivity index is 1.03. The SMILES string of the molecule is CN1CCN(CCCN2CC=C(C3Cc4c(Nc5ccc6ncsc6c5)ncnc4N3)CC2)CC1. The molecule has 1 fully saturated rings. The number of nitrogens with zero attached hydrogens (tertiary/aromatic N) is 6. The number of anilines is 3. The van der Waals surface area contributed by atoms with Gasteiger partial charge in [0.2, 0.25) is 0 Å². The molecule has 3 aromatic rings. The third kappa shape index (κ3) is 5.18. The number of likely N-dealkylation sites (N-methyl/N-ethyl adjacent to an activating group) is 1. The molecule has 6 rings (SSSR count). The molecule has 0 amide bonds. The lowest BCUT2D eigenvalue weighted by Gasteiger charge is -2.33. The Labute approximate surface area is 211 Å². The van der Waals surface area contributed by atoms with Crippen molar-refractivity contribution in [3.8, 4) is 0 Å². The average Bonchev–Trinajstić information content (AvgIpc) is 3.53. The first-order valence-corrected chi connectivity index (χ1v) is 13.6. The third-order valence-corrected chi connectivity index (χ3v) is 8.37. The zero-order valence-corrected chi connectivity index (χ0v) is 21.2. The van der Waals surface area contributed by atoms with Crippen LogP contribution < -0.4 is 10.6 Å². The number of piperazine rings is 1. The van der Waals surface area contributed by atoms with Gasteiger partial charge in [-0.05, 0) is 56.8 Å². The van der Waals surface area contributed by atoms with Crippen molar-refractivity contribution in [1.29, 1.82) is 0 Å². The molecule has 8 nitrogen and oxygen atoms in total. The molecule has 35 heavy (non-hydrogen) atoms. The first kappa shape index (κ1) is 22.8. The van der Waals surface area contributed by atoms with Crippen LogP contribution in [0.15, 0.2) is 41.7 Å². The van der Waals surface area contributed by atoms with Crippen LogP contribution in [0.4, 0.5) is 17.3 Å². The second-order valence-electron chi connectivity index (χ2n) is 9.94. The quantitative estimate of drug-likeness (QED) is 0.488. The number of fused-ring (bicyclic) bond motifs is 2. The Bertz CT molecular complexity index is 1200. The van der Waals surface area contributed by atoms with Gasteiger partial charge in [0.1, 0.15) is 18.0 Å². The minimum absolute atomic E-state index is 0.318. The largest absolute Gasteiger partial charge is 0.363 e. The lowest BCUT2D eigenvalue weighted by Crippen LogP contribution is -2.45. The maximum atomic E-state index is 4.57. The van der Waals surface area contributed by atoms with Gasteiger partial charge in [-0.3, -0.25) is 4.90 Å². The van der Waals surface area contributed by atoms with E-state index in [1.807, 2.05) is 5.51 Å². The van der Waals surface area contributed by atoms with Crippen molar-refractivity contribution in [1.82, 2.24) is 29.7 Å². The van der Waals surface area contributed by atoms with Crippen molar-refractivity contribution in [3.63, 3.8) is 0 Å². The fraction of sp³-hybridized carbons (Fsp3) is 0.500. The Kier molecular flexibility index (Phi) is 6.65. The first-order chi connectivity index (χ1) is 17.2. The molecule has 0 aliphatic carbocycles. The highest BCUT2D eigenvalue weighted by molar-refractivity contribution is 7.16. The van der Waals surface area contributed by atoms with Gasteiger partial charge in [0.25, 0.3) is 0 Å². The smallest absolute Gasteiger partial charge is 0.139 e. The van der Waals surface area contributed by atoms with E-state index in [9.17, 15) is 0 Å². The monoisotopic (exact) mass is 490 g/mol. The van der Waals surface area contributed by atoms with Gasteiger partial charge in [-0.2, -0.15) is 0 Å². The van der Waals surface area contributed by atoms with Crippen molar-refractivity contribution < 1.29 is 0 Å². The summed E-state index contributed by atoms with van der Waals surface area (Å²) < 4.78 is 1.18. The molecule has 1 atom stereocenters. The topological polar surface area (TPSA) is 72.5 Å². The first-order valence-electron chi connectivity index (χ1n) is 12.7. The van der Waals surface area contributed by atoms with Crippen LogP contribution in [-0.4, -0.2) is 95.1 Å². The highest BCUT2D eigenvalue weighted by Crippen LogP contribution is 2.34. The van der Waals surface area contributed by atoms with E-state index in [2.05, 4.69) is 71.6 Å². The Morgan fingerprint density at radius 2 is 1.94 bits per heavy atom. The number of benzene rings is 1. The van der Waals surface area contributed by atoms with Crippen molar-refractivity contribution in [3.05, 3.63) is 47.2 Å². The van der Waals surface area contributed by atoms with Crippen LogP contribution in [0.2, 0.25) is 0 Å². The zero-order chi connectivity index (χ0) is 23.6. The van der Waals surface area contributed by atoms with Crippen LogP contribution in [0.25, 0.3) is 10.2 Å². The van der Waals surface area contributed by atoms with Crippen molar-refractivity contribution in [2.24, 2.45) is 0 Å². The molecule has 5 heterocycles. The predicted octanol–water partition coefficient (Wildman–Crippen LogP) is 3.44. The van der Waals surface area contributed by atoms with Gasteiger partial charge < -0.3 is 20.4 Å². The number of nitrogens with one attached hydrogen (secondary N) is 2. The second-order valence-corrected chi connectivity index (χ2v) is 10.8. The maximum Gasteiger partial charge on any atom is 0.139 e. The number of hydrogen-bond acceptors (Lipinski definition) is 9. The van der Waals surface area contributed by atoms with Crippen molar-refractivity contribution >= 4 is 38.9 Å². The molecule has 0 bridgehead atoms. The van der Waals surface area contributed by atoms with Crippen molar-refractivity contribution in [2.45, 2.75) is 25.3 Å². The summed E-state index contributed by atoms with van der Waals surface area (Å²) in [5.41, 5.74) is 6.65. The van der Waals surface area contributed by atoms with E-state index in [-0.39, 0.29) is 0 Å². The molecule has 1 saturated heterocycles. The van der Waals surface area contributed by atoms with E-state index in [1.54, 1.807) is 17.7 Å². The van der Waals surface area contributed by atoms with Crippen LogP contribution in [0, 0.1) is 0 Å². The molecule has 3 aliphatic heterocycles. The third-order valence-electron chi connectivity index (χ3n) is 7.58. The van der Waals surface area contributed by atoms with Crippen LogP contribution >= 0.6 is 11.3 Å². The molecule has 1 aromatic carbocycles. The maximum absolute atomic E-state index is 4.57. The molecule has 0 saturated carbocycles. The molecule has 0 radical (unpaired) electrons. The highest BCUT2D eigenvalue weighted by Gasteiger charge is 2.29. The summed E-state index contributed by atoms with van der Waals surface area (Å²) in [5, 5.41) is 7.19. The van der Waals surface area contributed by atoms with Gasteiger partial charge >= 0.3 is 0 Å². The number of hydrogen-bond donors (Lipinski definition) is 2. The lowest BCUT2D eigenvalue weighted by molar-refractivity contribution is 0.146. The Hall–Kier alpha value is -2.59. The molecule has 0 spiro atoms. The van der Waals surface area contributed by atoms with E-state index in [0.29, 0.717) is 6.04 Å². The number of aromatic nitrogens is 3. The average molecular weight is 491 g/mol. The zero-order valence-electron chi connectivity index (χ0n) is 20.4. The molecule has 2 N–H and O–H groups in total. The summed E-state index contributed by atoms with van der Waals surface area (Å²) in [5.74, 6) is 1.86. The van der Waals surface area contributed by atoms with E-state index in [1.165, 1.54) is 61.5 Å². The standard InChI is InChI=1S/C26H34N8S/c1-32-11-13-34(14-12-32)8-2-7-33-9-5-19(6-10-33)23-16-21-25(27-17-28-26(21)31-23)30-20-3-4-22-24(15-20)35-18-29-22/h3-5,15,17-18,23H,2,6-14,16H2,1H3,(H2,27,28,30,31). The van der Waals surface area contributed by atoms with E-state index < -0.39 is 0 Å². The molecule has 3 aliphatic rings. The summed E-state index contributed by atoms with van der Waals surface area (Å²) in [7, 11) is 2.22. The summed E-state index contributed by atoms with van der Waals surface area (Å²) in [4.78, 5) is 21.1. The summed E-state index contributed by atoms with van der Waals surface area (Å²) in [6, 6.07) is 6.58. The van der Waals surface area contributed by atoms with Gasteiger partial charge in [-0.25, -0.2) is 15.0 Å². The van der Waals surface area contributed by atoms with Crippen LogP contribution in [0.5, 0.6) is 0 Å². The fourth-order valence-electron chi connectivity index (χ4n) is 5.39. The van der Waals surface area contributed by atoms with Crippen LogP contribution in [0.3, 0.4) is 0 Å². The van der Waals surface area contributed by atoms with Gasteiger partial charge in [0.15, 0.2) is 0 Å². The van der Waals surface area contributed by atoms with Gasteiger partial charge in [-0.15, -0.1) is 11.3 Å². The van der Waals surface area contributed by atoms with Gasteiger partial charge in [0, 0.05) is 56.9 Å². The minimum atomic E-state index is 0.318. The fourth-order valence-corrected chi connectivity index (χ4v) is 6.10. The number of rotatable bonds is 7. The predicted molar refractivity (Wildman–Crippen MR) is 144 cm³/mol. The Morgan fingerprint density at radius 1 is 1.06 bits per heavy atom. The molecule has 9 heteroatoms. The molecule has 184 valence electrons. The summed E-state index contributed by atoms with van der Waals surface area (Å²) >= 11 is 1.66. The molecule has 2 aromatic heterocycles. The second kappa shape index (κ2) is 10.2. The van der Waals surface area contributed by atoms with Gasteiger partial charge in [0.05, 0.1) is 21.8 Å². The highest BCUT2D eigenvalue weighted by atomic mass is 32.1. The molecule has 1 unspecified atom stereocenters. The van der Waals surface area contributed by atoms with Crippen molar-refractivity contribution in [2.75, 3.05) is 70.0 Å². The van der Waals surface area contributed by atoms with E-state index in [4.69, 9.17) is 0 Å². The summed E-state index contributed by atoms with van der Waals surface area (Å²) in [6.45, 7) is 9.46. The van der Waals surface area contributed by atoms with E-state index in [0.717, 1.165) is 48.8 Å². The summed E-state index contributed by atoms with van der Waals surface area (Å²) in [6.07, 6.45) is 7.41. The van der Waals surface area contributed by atoms with Crippen LogP contribution in [-0.2, 0) is 6.42 Å².